The van der Waals surface area contributed by atoms with Gasteiger partial charge in [-0.1, -0.05) is 78.9 Å². The van der Waals surface area contributed by atoms with Crippen molar-refractivity contribution in [1.82, 2.24) is 0 Å². The Morgan fingerprint density at radius 1 is 0.543 bits per heavy atom. The van der Waals surface area contributed by atoms with E-state index in [1.165, 1.54) is 66.7 Å². The van der Waals surface area contributed by atoms with E-state index in [0.29, 0.717) is 0 Å². The molecule has 0 saturated carbocycles. The summed E-state index contributed by atoms with van der Waals surface area (Å²) < 4.78 is 149. The molecular formula is C22H13F9O3S. The van der Waals surface area contributed by atoms with E-state index in [4.69, 9.17) is 0 Å². The molecule has 0 radical (unpaired) electrons. The van der Waals surface area contributed by atoms with Crippen LogP contribution in [0.1, 0.15) is 0 Å². The average Bonchev–Trinajstić information content (AvgIpc) is 2.79. The molecule has 3 rings (SSSR count). The summed E-state index contributed by atoms with van der Waals surface area (Å²) in [6, 6.07) is 18.0. The monoisotopic (exact) mass is 528 g/mol. The van der Waals surface area contributed by atoms with Crippen molar-refractivity contribution in [3.8, 4) is 28.0 Å². The Labute approximate surface area is 192 Å². The Hall–Kier alpha value is -3.22. The number of hydrogen-bond acceptors (Lipinski definition) is 3. The maximum Gasteiger partial charge on any atom is 0.460 e. The molecule has 0 atom stereocenters. The Morgan fingerprint density at radius 2 is 0.943 bits per heavy atom. The molecule has 0 saturated heterocycles. The third kappa shape index (κ3) is 4.44. The minimum absolute atomic E-state index is 0.145. The SMILES string of the molecule is O=S(=O)(Oc1c(-c2ccccc2)cccc1-c1ccccc1)C(F)(F)C(F)(F)C(F)(F)C(F)(F)F. The van der Waals surface area contributed by atoms with Crippen LogP contribution in [-0.4, -0.2) is 31.7 Å². The molecular weight excluding hydrogens is 515 g/mol. The van der Waals surface area contributed by atoms with E-state index in [2.05, 4.69) is 4.18 Å². The topological polar surface area (TPSA) is 43.4 Å². The van der Waals surface area contributed by atoms with Crippen LogP contribution in [-0.2, 0) is 10.1 Å². The number of para-hydroxylation sites is 1. The molecule has 0 aromatic heterocycles. The van der Waals surface area contributed by atoms with Crippen molar-refractivity contribution in [3.63, 3.8) is 0 Å². The van der Waals surface area contributed by atoms with Gasteiger partial charge in [-0.25, -0.2) is 0 Å². The molecule has 0 unspecified atom stereocenters. The maximum absolute atomic E-state index is 14.3. The Morgan fingerprint density at radius 3 is 1.31 bits per heavy atom. The van der Waals surface area contributed by atoms with Crippen molar-refractivity contribution in [2.24, 2.45) is 0 Å². The summed E-state index contributed by atoms with van der Waals surface area (Å²) in [7, 11) is -7.14. The Kier molecular flexibility index (Phi) is 6.61. The quantitative estimate of drug-likeness (QED) is 0.242. The molecule has 3 aromatic carbocycles. The fraction of sp³-hybridized carbons (Fsp3) is 0.182. The van der Waals surface area contributed by atoms with Gasteiger partial charge in [0, 0.05) is 11.1 Å². The summed E-state index contributed by atoms with van der Waals surface area (Å²) in [5.41, 5.74) is -0.188. The Balaban J connectivity index is 2.22. The van der Waals surface area contributed by atoms with E-state index < -0.39 is 39.1 Å². The predicted molar refractivity (Wildman–Crippen MR) is 108 cm³/mol. The molecule has 0 amide bonds. The lowest BCUT2D eigenvalue weighted by Crippen LogP contribution is -2.63. The van der Waals surface area contributed by atoms with Gasteiger partial charge in [0.25, 0.3) is 0 Å². The van der Waals surface area contributed by atoms with Gasteiger partial charge in [-0.2, -0.15) is 47.9 Å². The van der Waals surface area contributed by atoms with Crippen LogP contribution in [0.4, 0.5) is 39.5 Å². The summed E-state index contributed by atoms with van der Waals surface area (Å²) in [6.45, 7) is 0. The molecule has 13 heteroatoms. The van der Waals surface area contributed by atoms with E-state index in [-0.39, 0.29) is 22.3 Å². The zero-order chi connectivity index (χ0) is 26.3. The summed E-state index contributed by atoms with van der Waals surface area (Å²) in [5.74, 6) is -15.8. The zero-order valence-corrected chi connectivity index (χ0v) is 17.9. The van der Waals surface area contributed by atoms with Crippen molar-refractivity contribution in [3.05, 3.63) is 78.9 Å². The molecule has 0 N–H and O–H groups in total. The molecule has 0 aliphatic carbocycles. The van der Waals surface area contributed by atoms with E-state index in [1.807, 2.05) is 0 Å². The Bertz CT molecular complexity index is 1230. The highest BCUT2D eigenvalue weighted by atomic mass is 32.2. The molecule has 3 aromatic rings. The highest BCUT2D eigenvalue weighted by Crippen LogP contribution is 2.55. The lowest BCUT2D eigenvalue weighted by Gasteiger charge is -2.32. The summed E-state index contributed by atoms with van der Waals surface area (Å²) in [5, 5.41) is -6.99. The first-order chi connectivity index (χ1) is 16.0. The zero-order valence-electron chi connectivity index (χ0n) is 17.0. The summed E-state index contributed by atoms with van der Waals surface area (Å²) in [6.07, 6.45) is -7.19. The van der Waals surface area contributed by atoms with Gasteiger partial charge in [-0.3, -0.25) is 0 Å². The number of hydrogen-bond donors (Lipinski definition) is 0. The van der Waals surface area contributed by atoms with Gasteiger partial charge in [0.1, 0.15) is 0 Å². The van der Waals surface area contributed by atoms with Gasteiger partial charge in [-0.05, 0) is 11.1 Å². The van der Waals surface area contributed by atoms with Gasteiger partial charge < -0.3 is 4.18 Å². The van der Waals surface area contributed by atoms with Crippen molar-refractivity contribution in [2.75, 3.05) is 0 Å². The third-order valence-electron chi connectivity index (χ3n) is 4.81. The van der Waals surface area contributed by atoms with E-state index in [1.54, 1.807) is 0 Å². The molecule has 0 heterocycles. The lowest BCUT2D eigenvalue weighted by molar-refractivity contribution is -0.382. The van der Waals surface area contributed by atoms with Crippen LogP contribution in [0.3, 0.4) is 0 Å². The van der Waals surface area contributed by atoms with Crippen LogP contribution in [0.15, 0.2) is 78.9 Å². The second kappa shape index (κ2) is 8.77. The molecule has 0 bridgehead atoms. The molecule has 0 spiro atoms. The van der Waals surface area contributed by atoms with Crippen molar-refractivity contribution >= 4 is 10.1 Å². The second-order valence-corrected chi connectivity index (χ2v) is 8.70. The van der Waals surface area contributed by atoms with Gasteiger partial charge in [-0.15, -0.1) is 0 Å². The van der Waals surface area contributed by atoms with Gasteiger partial charge >= 0.3 is 33.4 Å². The number of alkyl halides is 9. The molecule has 35 heavy (non-hydrogen) atoms. The first-order valence-corrected chi connectivity index (χ1v) is 10.8. The van der Waals surface area contributed by atoms with Crippen LogP contribution in [0.25, 0.3) is 22.3 Å². The number of halogens is 9. The van der Waals surface area contributed by atoms with E-state index in [0.717, 1.165) is 12.1 Å². The fourth-order valence-electron chi connectivity index (χ4n) is 3.00. The number of benzene rings is 3. The van der Waals surface area contributed by atoms with Crippen molar-refractivity contribution in [1.29, 1.82) is 0 Å². The first-order valence-electron chi connectivity index (χ1n) is 9.42. The molecule has 0 aliphatic rings. The van der Waals surface area contributed by atoms with Crippen LogP contribution in [0.2, 0.25) is 0 Å². The van der Waals surface area contributed by atoms with Crippen LogP contribution < -0.4 is 4.18 Å². The highest BCUT2D eigenvalue weighted by Gasteiger charge is 2.86. The minimum atomic E-state index is -7.41. The van der Waals surface area contributed by atoms with Gasteiger partial charge in [0.05, 0.1) is 0 Å². The molecule has 0 aliphatic heterocycles. The molecule has 0 fully saturated rings. The highest BCUT2D eigenvalue weighted by molar-refractivity contribution is 7.88. The third-order valence-corrected chi connectivity index (χ3v) is 6.08. The summed E-state index contributed by atoms with van der Waals surface area (Å²) >= 11 is 0. The maximum atomic E-state index is 14.3. The van der Waals surface area contributed by atoms with Crippen molar-refractivity contribution in [2.45, 2.75) is 23.3 Å². The smallest absolute Gasteiger partial charge is 0.377 e. The van der Waals surface area contributed by atoms with Gasteiger partial charge in [0.2, 0.25) is 0 Å². The second-order valence-electron chi connectivity index (χ2n) is 7.12. The normalized spacial score (nSPS) is 13.5. The predicted octanol–water partition coefficient (Wildman–Crippen LogP) is 7.15. The average molecular weight is 528 g/mol. The molecule has 3 nitrogen and oxygen atoms in total. The van der Waals surface area contributed by atoms with Crippen LogP contribution in [0, 0.1) is 0 Å². The van der Waals surface area contributed by atoms with Crippen LogP contribution in [0.5, 0.6) is 5.75 Å². The van der Waals surface area contributed by atoms with Gasteiger partial charge in [0.15, 0.2) is 5.75 Å². The first kappa shape index (κ1) is 26.4. The number of rotatable bonds is 7. The summed E-state index contributed by atoms with van der Waals surface area (Å²) in [4.78, 5) is 0. The van der Waals surface area contributed by atoms with Crippen LogP contribution >= 0.6 is 0 Å². The standard InChI is InChI=1S/C22H13F9O3S/c23-19(24,21(27,28)29)20(25,26)22(30,31)35(32,33)34-18-16(14-8-3-1-4-9-14)12-7-13-17(18)15-10-5-2-6-11-15/h1-13H. The largest absolute Gasteiger partial charge is 0.460 e. The lowest BCUT2D eigenvalue weighted by atomic mass is 9.97. The minimum Gasteiger partial charge on any atom is -0.377 e. The van der Waals surface area contributed by atoms with Crippen molar-refractivity contribution < 1.29 is 52.1 Å². The van der Waals surface area contributed by atoms with E-state index >= 15 is 0 Å². The fourth-order valence-corrected chi connectivity index (χ4v) is 3.94. The van der Waals surface area contributed by atoms with E-state index in [9.17, 15) is 47.9 Å². The molecule has 188 valence electrons.